The maximum atomic E-state index is 5.93. The highest BCUT2D eigenvalue weighted by Crippen LogP contribution is 2.32. The second-order valence-corrected chi connectivity index (χ2v) is 5.42. The predicted molar refractivity (Wildman–Crippen MR) is 75.1 cm³/mol. The van der Waals surface area contributed by atoms with Gasteiger partial charge in [-0.2, -0.15) is 4.98 Å². The molecule has 0 spiro atoms. The van der Waals surface area contributed by atoms with Gasteiger partial charge in [0.25, 0.3) is 0 Å². The van der Waals surface area contributed by atoms with Crippen molar-refractivity contribution < 1.29 is 9.26 Å². The van der Waals surface area contributed by atoms with Crippen LogP contribution in [0.2, 0.25) is 0 Å². The van der Waals surface area contributed by atoms with Crippen molar-refractivity contribution >= 4 is 5.69 Å². The average Bonchev–Trinajstić information content (AvgIpc) is 2.92. The van der Waals surface area contributed by atoms with Crippen molar-refractivity contribution in [3.63, 3.8) is 0 Å². The van der Waals surface area contributed by atoms with E-state index in [0.29, 0.717) is 18.1 Å². The smallest absolute Gasteiger partial charge is 0.231 e. The number of nitrogens with zero attached hydrogens (tertiary/aromatic N) is 2. The zero-order valence-corrected chi connectivity index (χ0v) is 11.6. The largest absolute Gasteiger partial charge is 0.398 e. The fourth-order valence-corrected chi connectivity index (χ4v) is 2.51. The molecule has 5 heteroatoms. The summed E-state index contributed by atoms with van der Waals surface area (Å²) < 4.78 is 11.2. The van der Waals surface area contributed by atoms with Crippen molar-refractivity contribution in [3.05, 3.63) is 41.5 Å². The average molecular weight is 273 g/mol. The fourth-order valence-electron chi connectivity index (χ4n) is 2.51. The third-order valence-corrected chi connectivity index (χ3v) is 3.81. The van der Waals surface area contributed by atoms with Crippen LogP contribution in [0, 0.1) is 0 Å². The molecule has 1 aliphatic rings. The summed E-state index contributed by atoms with van der Waals surface area (Å²) in [6, 6.07) is 7.71. The number of nitrogens with two attached hydrogens (primary N) is 1. The second kappa shape index (κ2) is 5.25. The highest BCUT2D eigenvalue weighted by molar-refractivity contribution is 5.47. The van der Waals surface area contributed by atoms with Gasteiger partial charge in [0.2, 0.25) is 11.7 Å². The number of anilines is 1. The van der Waals surface area contributed by atoms with Gasteiger partial charge in [0, 0.05) is 12.3 Å². The molecule has 1 aliphatic heterocycles. The molecule has 1 saturated heterocycles. The van der Waals surface area contributed by atoms with Gasteiger partial charge in [0.1, 0.15) is 5.60 Å². The maximum Gasteiger partial charge on any atom is 0.231 e. The molecule has 0 amide bonds. The van der Waals surface area contributed by atoms with E-state index in [1.54, 1.807) is 0 Å². The SMILES string of the molecule is CC1(c2noc(Cc3ccccc3N)n2)CCCCO1. The lowest BCUT2D eigenvalue weighted by molar-refractivity contribution is -0.0770. The van der Waals surface area contributed by atoms with E-state index in [4.69, 9.17) is 15.0 Å². The minimum absolute atomic E-state index is 0.414. The van der Waals surface area contributed by atoms with Crippen molar-refractivity contribution in [3.8, 4) is 0 Å². The van der Waals surface area contributed by atoms with Crippen LogP contribution in [0.15, 0.2) is 28.8 Å². The number of benzene rings is 1. The van der Waals surface area contributed by atoms with Gasteiger partial charge in [0.05, 0.1) is 6.42 Å². The number of aromatic nitrogens is 2. The molecule has 5 nitrogen and oxygen atoms in total. The summed E-state index contributed by atoms with van der Waals surface area (Å²) in [5, 5.41) is 4.09. The Kier molecular flexibility index (Phi) is 3.44. The van der Waals surface area contributed by atoms with Crippen LogP contribution in [-0.2, 0) is 16.8 Å². The van der Waals surface area contributed by atoms with Gasteiger partial charge in [-0.1, -0.05) is 23.4 Å². The van der Waals surface area contributed by atoms with Crippen LogP contribution >= 0.6 is 0 Å². The van der Waals surface area contributed by atoms with Gasteiger partial charge in [-0.05, 0) is 37.8 Å². The number of hydrogen-bond donors (Lipinski definition) is 1. The van der Waals surface area contributed by atoms with E-state index in [1.165, 1.54) is 0 Å². The molecule has 0 bridgehead atoms. The van der Waals surface area contributed by atoms with E-state index in [9.17, 15) is 0 Å². The lowest BCUT2D eigenvalue weighted by atomic mass is 9.95. The third-order valence-electron chi connectivity index (χ3n) is 3.81. The number of ether oxygens (including phenoxy) is 1. The predicted octanol–water partition coefficient (Wildman–Crippen LogP) is 2.66. The van der Waals surface area contributed by atoms with Gasteiger partial charge in [-0.25, -0.2) is 0 Å². The molecule has 1 aromatic carbocycles. The van der Waals surface area contributed by atoms with Crippen LogP contribution in [0.4, 0.5) is 5.69 Å². The normalized spacial score (nSPS) is 22.9. The summed E-state index contributed by atoms with van der Waals surface area (Å²) in [7, 11) is 0. The summed E-state index contributed by atoms with van der Waals surface area (Å²) in [4.78, 5) is 4.48. The summed E-state index contributed by atoms with van der Waals surface area (Å²) in [6.07, 6.45) is 3.71. The second-order valence-electron chi connectivity index (χ2n) is 5.42. The van der Waals surface area contributed by atoms with Crippen molar-refractivity contribution in [1.82, 2.24) is 10.1 Å². The van der Waals surface area contributed by atoms with E-state index in [0.717, 1.165) is 37.1 Å². The molecule has 2 aromatic rings. The molecular weight excluding hydrogens is 254 g/mol. The molecule has 0 aliphatic carbocycles. The van der Waals surface area contributed by atoms with Crippen molar-refractivity contribution in [2.75, 3.05) is 12.3 Å². The highest BCUT2D eigenvalue weighted by Gasteiger charge is 2.34. The number of hydrogen-bond acceptors (Lipinski definition) is 5. The Labute approximate surface area is 118 Å². The standard InChI is InChI=1S/C15H19N3O2/c1-15(8-4-5-9-19-15)14-17-13(20-18-14)10-11-6-2-3-7-12(11)16/h2-3,6-7H,4-5,8-10,16H2,1H3. The van der Waals surface area contributed by atoms with E-state index < -0.39 is 5.60 Å². The monoisotopic (exact) mass is 273 g/mol. The van der Waals surface area contributed by atoms with Gasteiger partial charge >= 0.3 is 0 Å². The van der Waals surface area contributed by atoms with Gasteiger partial charge < -0.3 is 15.0 Å². The molecule has 1 atom stereocenters. The van der Waals surface area contributed by atoms with Gasteiger partial charge in [0.15, 0.2) is 0 Å². The van der Waals surface area contributed by atoms with Crippen LogP contribution in [0.3, 0.4) is 0 Å². The molecule has 1 fully saturated rings. The molecule has 3 rings (SSSR count). The Morgan fingerprint density at radius 1 is 1.30 bits per heavy atom. The molecular formula is C15H19N3O2. The molecule has 1 unspecified atom stereocenters. The lowest BCUT2D eigenvalue weighted by Gasteiger charge is -2.30. The van der Waals surface area contributed by atoms with Crippen molar-refractivity contribution in [1.29, 1.82) is 0 Å². The minimum atomic E-state index is -0.414. The highest BCUT2D eigenvalue weighted by atomic mass is 16.5. The Hall–Kier alpha value is -1.88. The van der Waals surface area contributed by atoms with Crippen LogP contribution in [-0.4, -0.2) is 16.7 Å². The van der Waals surface area contributed by atoms with Crippen molar-refractivity contribution in [2.24, 2.45) is 0 Å². The Bertz CT molecular complexity index is 588. The van der Waals surface area contributed by atoms with Crippen LogP contribution in [0.25, 0.3) is 0 Å². The Balaban J connectivity index is 1.78. The summed E-state index contributed by atoms with van der Waals surface area (Å²) in [5.41, 5.74) is 7.26. The minimum Gasteiger partial charge on any atom is -0.398 e. The molecule has 2 N–H and O–H groups in total. The summed E-state index contributed by atoms with van der Waals surface area (Å²) >= 11 is 0. The molecule has 0 radical (unpaired) electrons. The molecule has 20 heavy (non-hydrogen) atoms. The van der Waals surface area contributed by atoms with Crippen LogP contribution in [0.1, 0.15) is 43.5 Å². The first-order valence-electron chi connectivity index (χ1n) is 6.98. The lowest BCUT2D eigenvalue weighted by Crippen LogP contribution is -2.31. The first-order valence-corrected chi connectivity index (χ1v) is 6.98. The van der Waals surface area contributed by atoms with Crippen molar-refractivity contribution in [2.45, 2.75) is 38.2 Å². The maximum absolute atomic E-state index is 5.93. The number of rotatable bonds is 3. The zero-order valence-electron chi connectivity index (χ0n) is 11.6. The molecule has 0 saturated carbocycles. The molecule has 2 heterocycles. The Morgan fingerprint density at radius 3 is 2.90 bits per heavy atom. The number of para-hydroxylation sites is 1. The third kappa shape index (κ3) is 2.54. The van der Waals surface area contributed by atoms with E-state index in [1.807, 2.05) is 31.2 Å². The summed E-state index contributed by atoms with van der Waals surface area (Å²) in [5.74, 6) is 1.22. The van der Waals surface area contributed by atoms with E-state index in [2.05, 4.69) is 10.1 Å². The fraction of sp³-hybridized carbons (Fsp3) is 0.467. The van der Waals surface area contributed by atoms with Crippen LogP contribution in [0.5, 0.6) is 0 Å². The molecule has 1 aromatic heterocycles. The van der Waals surface area contributed by atoms with Gasteiger partial charge in [-0.15, -0.1) is 0 Å². The zero-order chi connectivity index (χ0) is 14.0. The summed E-state index contributed by atoms with van der Waals surface area (Å²) in [6.45, 7) is 2.78. The van der Waals surface area contributed by atoms with E-state index >= 15 is 0 Å². The Morgan fingerprint density at radius 2 is 2.15 bits per heavy atom. The first kappa shape index (κ1) is 13.1. The molecule has 106 valence electrons. The van der Waals surface area contributed by atoms with E-state index in [-0.39, 0.29) is 0 Å². The van der Waals surface area contributed by atoms with Crippen LogP contribution < -0.4 is 5.73 Å². The quantitative estimate of drug-likeness (QED) is 0.870. The first-order chi connectivity index (χ1) is 9.67. The number of nitrogen functional groups attached to an aromatic ring is 1. The van der Waals surface area contributed by atoms with Gasteiger partial charge in [-0.3, -0.25) is 0 Å². The topological polar surface area (TPSA) is 74.2 Å².